The molecule has 0 saturated heterocycles. The molecule has 0 atom stereocenters. The first-order valence-electron chi connectivity index (χ1n) is 5.17. The van der Waals surface area contributed by atoms with Crippen molar-refractivity contribution in [2.45, 2.75) is 0 Å². The number of hydrogen-bond acceptors (Lipinski definition) is 4. The van der Waals surface area contributed by atoms with Crippen LogP contribution >= 0.6 is 0 Å². The molecular weight excluding hydrogens is 230 g/mol. The first-order valence-corrected chi connectivity index (χ1v) is 5.17. The molecule has 0 aliphatic heterocycles. The number of nitrogens with two attached hydrogens (primary N) is 1. The Morgan fingerprint density at radius 2 is 1.83 bits per heavy atom. The summed E-state index contributed by atoms with van der Waals surface area (Å²) in [5.74, 6) is 0. The Morgan fingerprint density at radius 3 is 2.39 bits per heavy atom. The molecule has 0 saturated carbocycles. The van der Waals surface area contributed by atoms with Gasteiger partial charge in [-0.15, -0.1) is 0 Å². The predicted molar refractivity (Wildman–Crippen MR) is 67.7 cm³/mol. The summed E-state index contributed by atoms with van der Waals surface area (Å²) in [6.45, 7) is 0. The number of nitro groups is 1. The number of benzene rings is 2. The van der Waals surface area contributed by atoms with Gasteiger partial charge in [0, 0.05) is 17.7 Å². The second-order valence-corrected chi connectivity index (χ2v) is 3.68. The van der Waals surface area contributed by atoms with E-state index in [1.54, 1.807) is 30.3 Å². The number of nitrogens with zero attached hydrogens (tertiary/aromatic N) is 2. The van der Waals surface area contributed by atoms with Crippen molar-refractivity contribution in [1.29, 1.82) is 5.26 Å². The summed E-state index contributed by atoms with van der Waals surface area (Å²) in [6.07, 6.45) is 0. The van der Waals surface area contributed by atoms with Gasteiger partial charge in [0.05, 0.1) is 16.2 Å². The van der Waals surface area contributed by atoms with E-state index >= 15 is 0 Å². The summed E-state index contributed by atoms with van der Waals surface area (Å²) in [6, 6.07) is 13.2. The lowest BCUT2D eigenvalue weighted by Crippen LogP contribution is -1.94. The van der Waals surface area contributed by atoms with Crippen molar-refractivity contribution in [1.82, 2.24) is 0 Å². The van der Waals surface area contributed by atoms with E-state index < -0.39 is 4.92 Å². The van der Waals surface area contributed by atoms with E-state index in [1.165, 1.54) is 12.1 Å². The molecule has 0 spiro atoms. The van der Waals surface area contributed by atoms with E-state index in [0.717, 1.165) is 5.56 Å². The number of nitriles is 1. The van der Waals surface area contributed by atoms with Gasteiger partial charge < -0.3 is 5.73 Å². The second-order valence-electron chi connectivity index (χ2n) is 3.68. The maximum atomic E-state index is 10.6. The molecule has 18 heavy (non-hydrogen) atoms. The molecule has 0 fully saturated rings. The predicted octanol–water partition coefficient (Wildman–Crippen LogP) is 2.72. The third-order valence-electron chi connectivity index (χ3n) is 2.62. The fourth-order valence-electron chi connectivity index (χ4n) is 1.68. The molecule has 2 aromatic carbocycles. The van der Waals surface area contributed by atoms with Gasteiger partial charge in [-0.05, 0) is 23.8 Å². The molecule has 0 amide bonds. The number of nitro benzene ring substituents is 1. The van der Waals surface area contributed by atoms with E-state index in [0.29, 0.717) is 16.8 Å². The van der Waals surface area contributed by atoms with Crippen LogP contribution in [0.1, 0.15) is 5.56 Å². The highest BCUT2D eigenvalue weighted by Crippen LogP contribution is 2.29. The first kappa shape index (κ1) is 11.6. The molecule has 2 N–H and O–H groups in total. The molecule has 0 aromatic heterocycles. The van der Waals surface area contributed by atoms with Crippen LogP contribution in [0.5, 0.6) is 0 Å². The highest BCUT2D eigenvalue weighted by atomic mass is 16.6. The topological polar surface area (TPSA) is 92.9 Å². The molecule has 5 heteroatoms. The average Bonchev–Trinajstić information content (AvgIpc) is 2.39. The quantitative estimate of drug-likeness (QED) is 0.495. The third kappa shape index (κ3) is 1.99. The molecule has 0 unspecified atom stereocenters. The number of para-hydroxylation sites is 1. The normalized spacial score (nSPS) is 9.72. The Morgan fingerprint density at radius 1 is 1.17 bits per heavy atom. The standard InChI is InChI=1S/C13H9N3O2/c14-8-10-2-1-3-12(13(10)15)9-4-6-11(7-5-9)16(17)18/h1-7H,15H2. The molecule has 0 radical (unpaired) electrons. The molecule has 0 aliphatic carbocycles. The van der Waals surface area contributed by atoms with Gasteiger partial charge >= 0.3 is 0 Å². The highest BCUT2D eigenvalue weighted by molar-refractivity contribution is 5.80. The summed E-state index contributed by atoms with van der Waals surface area (Å²) in [5, 5.41) is 19.4. The van der Waals surface area contributed by atoms with Gasteiger partial charge in [0.2, 0.25) is 0 Å². The number of anilines is 1. The molecule has 0 bridgehead atoms. The summed E-state index contributed by atoms with van der Waals surface area (Å²) in [7, 11) is 0. The maximum absolute atomic E-state index is 10.6. The van der Waals surface area contributed by atoms with Crippen LogP contribution in [-0.4, -0.2) is 4.92 Å². The van der Waals surface area contributed by atoms with Crippen LogP contribution in [0.15, 0.2) is 42.5 Å². The SMILES string of the molecule is N#Cc1cccc(-c2ccc([N+](=O)[O-])cc2)c1N. The van der Waals surface area contributed by atoms with E-state index in [1.807, 2.05) is 6.07 Å². The Balaban J connectivity index is 2.50. The van der Waals surface area contributed by atoms with Crippen LogP contribution in [0.3, 0.4) is 0 Å². The monoisotopic (exact) mass is 239 g/mol. The maximum Gasteiger partial charge on any atom is 0.269 e. The van der Waals surface area contributed by atoms with Crippen molar-refractivity contribution in [3.8, 4) is 17.2 Å². The van der Waals surface area contributed by atoms with E-state index in [2.05, 4.69) is 0 Å². The van der Waals surface area contributed by atoms with Gasteiger partial charge in [0.1, 0.15) is 6.07 Å². The minimum atomic E-state index is -0.459. The highest BCUT2D eigenvalue weighted by Gasteiger charge is 2.09. The van der Waals surface area contributed by atoms with Crippen LogP contribution in [0.4, 0.5) is 11.4 Å². The van der Waals surface area contributed by atoms with Crippen LogP contribution in [0.2, 0.25) is 0 Å². The first-order chi connectivity index (χ1) is 8.63. The second kappa shape index (κ2) is 4.55. The summed E-state index contributed by atoms with van der Waals surface area (Å²) < 4.78 is 0. The zero-order chi connectivity index (χ0) is 13.1. The number of rotatable bonds is 2. The lowest BCUT2D eigenvalue weighted by molar-refractivity contribution is -0.384. The Bertz CT molecular complexity index is 642. The number of non-ortho nitro benzene ring substituents is 1. The zero-order valence-electron chi connectivity index (χ0n) is 9.33. The van der Waals surface area contributed by atoms with Gasteiger partial charge in [-0.2, -0.15) is 5.26 Å². The van der Waals surface area contributed by atoms with Crippen LogP contribution in [0.25, 0.3) is 11.1 Å². The minimum absolute atomic E-state index is 0.0220. The van der Waals surface area contributed by atoms with Crippen LogP contribution in [-0.2, 0) is 0 Å². The largest absolute Gasteiger partial charge is 0.397 e. The van der Waals surface area contributed by atoms with Gasteiger partial charge in [-0.25, -0.2) is 0 Å². The van der Waals surface area contributed by atoms with Crippen molar-refractivity contribution < 1.29 is 4.92 Å². The van der Waals surface area contributed by atoms with Crippen LogP contribution < -0.4 is 5.73 Å². The fourth-order valence-corrected chi connectivity index (χ4v) is 1.68. The summed E-state index contributed by atoms with van der Waals surface area (Å²) in [5.41, 5.74) is 8.11. The van der Waals surface area contributed by atoms with Crippen molar-refractivity contribution in [3.63, 3.8) is 0 Å². The smallest absolute Gasteiger partial charge is 0.269 e. The van der Waals surface area contributed by atoms with Crippen molar-refractivity contribution in [2.24, 2.45) is 0 Å². The van der Waals surface area contributed by atoms with Gasteiger partial charge in [0.15, 0.2) is 0 Å². The molecule has 0 aliphatic rings. The average molecular weight is 239 g/mol. The van der Waals surface area contributed by atoms with Gasteiger partial charge in [-0.1, -0.05) is 12.1 Å². The molecular formula is C13H9N3O2. The lowest BCUT2D eigenvalue weighted by Gasteiger charge is -2.06. The van der Waals surface area contributed by atoms with Crippen molar-refractivity contribution >= 4 is 11.4 Å². The Kier molecular flexibility index (Phi) is 2.94. The Labute approximate surface area is 103 Å². The number of nitrogen functional groups attached to an aromatic ring is 1. The van der Waals surface area contributed by atoms with Gasteiger partial charge in [0.25, 0.3) is 5.69 Å². The molecule has 2 aromatic rings. The molecule has 88 valence electrons. The number of hydrogen-bond donors (Lipinski definition) is 1. The third-order valence-corrected chi connectivity index (χ3v) is 2.62. The van der Waals surface area contributed by atoms with E-state index in [4.69, 9.17) is 11.0 Å². The van der Waals surface area contributed by atoms with Gasteiger partial charge in [-0.3, -0.25) is 10.1 Å². The van der Waals surface area contributed by atoms with Crippen LogP contribution in [0, 0.1) is 21.4 Å². The zero-order valence-corrected chi connectivity index (χ0v) is 9.33. The summed E-state index contributed by atoms with van der Waals surface area (Å²) >= 11 is 0. The van der Waals surface area contributed by atoms with E-state index in [-0.39, 0.29) is 5.69 Å². The summed E-state index contributed by atoms with van der Waals surface area (Å²) in [4.78, 5) is 10.1. The van der Waals surface area contributed by atoms with E-state index in [9.17, 15) is 10.1 Å². The minimum Gasteiger partial charge on any atom is -0.397 e. The van der Waals surface area contributed by atoms with Crippen molar-refractivity contribution in [3.05, 3.63) is 58.1 Å². The Hall–Kier alpha value is -2.87. The molecule has 0 heterocycles. The fraction of sp³-hybridized carbons (Fsp3) is 0. The molecule has 2 rings (SSSR count). The van der Waals surface area contributed by atoms with Crippen molar-refractivity contribution in [2.75, 3.05) is 5.73 Å². The lowest BCUT2D eigenvalue weighted by atomic mass is 10.0. The molecule has 5 nitrogen and oxygen atoms in total.